The summed E-state index contributed by atoms with van der Waals surface area (Å²) in [5.74, 6) is 1.79. The predicted octanol–water partition coefficient (Wildman–Crippen LogP) is 3.45. The van der Waals surface area contributed by atoms with Gasteiger partial charge in [0, 0.05) is 32.2 Å². The number of rotatable bonds is 5. The third-order valence-corrected chi connectivity index (χ3v) is 5.21. The van der Waals surface area contributed by atoms with Crippen LogP contribution in [0.4, 0.5) is 0 Å². The minimum atomic E-state index is 0.400. The predicted molar refractivity (Wildman–Crippen MR) is 106 cm³/mol. The lowest BCUT2D eigenvalue weighted by atomic mass is 9.78. The Kier molecular flexibility index (Phi) is 5.91. The highest BCUT2D eigenvalue weighted by molar-refractivity contribution is 5.80. The largest absolute Gasteiger partial charge is 0.352 e. The first-order valence-electron chi connectivity index (χ1n) is 9.54. The second-order valence-electron chi connectivity index (χ2n) is 7.52. The van der Waals surface area contributed by atoms with Crippen molar-refractivity contribution in [2.45, 2.75) is 46.1 Å². The number of H-pyrrole nitrogens is 1. The second-order valence-corrected chi connectivity index (χ2v) is 7.52. The van der Waals surface area contributed by atoms with E-state index in [0.717, 1.165) is 37.0 Å². The maximum Gasteiger partial charge on any atom is 0.193 e. The molecule has 1 saturated heterocycles. The molecule has 26 heavy (non-hydrogen) atoms. The molecule has 0 spiro atoms. The van der Waals surface area contributed by atoms with Crippen molar-refractivity contribution in [1.29, 1.82) is 0 Å². The first-order valence-corrected chi connectivity index (χ1v) is 9.54. The maximum absolute atomic E-state index is 4.53. The lowest BCUT2D eigenvalue weighted by Crippen LogP contribution is -2.49. The number of benzene rings is 1. The van der Waals surface area contributed by atoms with Gasteiger partial charge in [-0.25, -0.2) is 4.98 Å². The summed E-state index contributed by atoms with van der Waals surface area (Å²) in [7, 11) is 1.87. The highest BCUT2D eigenvalue weighted by atomic mass is 15.3. The molecule has 2 heterocycles. The molecule has 3 rings (SSSR count). The molecule has 0 radical (unpaired) electrons. The van der Waals surface area contributed by atoms with E-state index in [4.69, 9.17) is 0 Å². The van der Waals surface area contributed by atoms with Gasteiger partial charge in [0.15, 0.2) is 11.8 Å². The fourth-order valence-electron chi connectivity index (χ4n) is 3.99. The molecule has 6 heteroatoms. The van der Waals surface area contributed by atoms with Crippen molar-refractivity contribution < 1.29 is 0 Å². The zero-order valence-corrected chi connectivity index (χ0v) is 16.1. The monoisotopic (exact) mass is 354 g/mol. The minimum absolute atomic E-state index is 0.400. The van der Waals surface area contributed by atoms with Crippen LogP contribution in [0.5, 0.6) is 0 Å². The number of guanidine groups is 1. The van der Waals surface area contributed by atoms with Crippen molar-refractivity contribution in [1.82, 2.24) is 25.4 Å². The first-order chi connectivity index (χ1) is 12.6. The molecule has 1 unspecified atom stereocenters. The van der Waals surface area contributed by atoms with Crippen LogP contribution in [-0.4, -0.2) is 46.2 Å². The van der Waals surface area contributed by atoms with Crippen molar-refractivity contribution in [2.75, 3.05) is 20.1 Å². The summed E-state index contributed by atoms with van der Waals surface area (Å²) in [6.45, 7) is 7.60. The van der Waals surface area contributed by atoms with E-state index in [1.54, 1.807) is 0 Å². The van der Waals surface area contributed by atoms with Gasteiger partial charge in [-0.1, -0.05) is 38.5 Å². The third-order valence-electron chi connectivity index (χ3n) is 5.21. The number of nitrogens with zero attached hydrogens (tertiary/aromatic N) is 4. The molecule has 0 aliphatic carbocycles. The number of piperidine rings is 1. The van der Waals surface area contributed by atoms with Gasteiger partial charge in [0.1, 0.15) is 6.33 Å². The first kappa shape index (κ1) is 18.4. The fourth-order valence-corrected chi connectivity index (χ4v) is 3.99. The topological polar surface area (TPSA) is 69.2 Å². The van der Waals surface area contributed by atoms with Crippen molar-refractivity contribution in [3.8, 4) is 11.4 Å². The van der Waals surface area contributed by atoms with Crippen LogP contribution in [0.25, 0.3) is 11.4 Å². The van der Waals surface area contributed by atoms with Crippen LogP contribution in [0.1, 0.15) is 45.1 Å². The molecule has 2 N–H and O–H groups in total. The van der Waals surface area contributed by atoms with Gasteiger partial charge in [-0.3, -0.25) is 10.1 Å². The minimum Gasteiger partial charge on any atom is -0.352 e. The Hall–Kier alpha value is -2.37. The number of hydrogen-bond acceptors (Lipinski definition) is 3. The lowest BCUT2D eigenvalue weighted by molar-refractivity contribution is 0.142. The number of aliphatic imine (C=N–C) groups is 1. The highest BCUT2D eigenvalue weighted by Gasteiger charge is 2.31. The molecule has 6 nitrogen and oxygen atoms in total. The standard InChI is InChI=1S/C20H30N6/c1-4-9-20(2)10-6-11-26(14-20)19(21-3)22-13-16-7-5-8-17(12-16)18-23-15-24-25-18/h5,7-8,12,15H,4,6,9-11,13-14H2,1-3H3,(H,21,22)(H,23,24,25). The van der Waals surface area contributed by atoms with Crippen molar-refractivity contribution in [3.63, 3.8) is 0 Å². The fraction of sp³-hybridized carbons (Fsp3) is 0.550. The van der Waals surface area contributed by atoms with Gasteiger partial charge in [-0.2, -0.15) is 5.10 Å². The highest BCUT2D eigenvalue weighted by Crippen LogP contribution is 2.33. The van der Waals surface area contributed by atoms with Gasteiger partial charge in [0.05, 0.1) is 0 Å². The molecule has 2 aromatic rings. The Morgan fingerprint density at radius 2 is 2.31 bits per heavy atom. The molecule has 1 aliphatic rings. The second kappa shape index (κ2) is 8.34. The quantitative estimate of drug-likeness (QED) is 0.637. The van der Waals surface area contributed by atoms with Crippen LogP contribution in [0, 0.1) is 5.41 Å². The van der Waals surface area contributed by atoms with Gasteiger partial charge < -0.3 is 10.2 Å². The Labute approximate surface area is 156 Å². The van der Waals surface area contributed by atoms with E-state index >= 15 is 0 Å². The molecule has 1 aromatic heterocycles. The van der Waals surface area contributed by atoms with Crippen molar-refractivity contribution in [3.05, 3.63) is 36.2 Å². The summed E-state index contributed by atoms with van der Waals surface area (Å²) in [4.78, 5) is 11.2. The van der Waals surface area contributed by atoms with Gasteiger partial charge in [-0.05, 0) is 36.3 Å². The van der Waals surface area contributed by atoms with Gasteiger partial charge in [-0.15, -0.1) is 0 Å². The smallest absolute Gasteiger partial charge is 0.193 e. The van der Waals surface area contributed by atoms with E-state index in [9.17, 15) is 0 Å². The van der Waals surface area contributed by atoms with Crippen LogP contribution in [0.2, 0.25) is 0 Å². The number of nitrogens with one attached hydrogen (secondary N) is 2. The van der Waals surface area contributed by atoms with Crippen LogP contribution in [0.3, 0.4) is 0 Å². The van der Waals surface area contributed by atoms with Crippen molar-refractivity contribution >= 4 is 5.96 Å². The molecular formula is C20H30N6. The number of aromatic nitrogens is 3. The zero-order valence-electron chi connectivity index (χ0n) is 16.1. The van der Waals surface area contributed by atoms with Gasteiger partial charge in [0.25, 0.3) is 0 Å². The van der Waals surface area contributed by atoms with E-state index in [-0.39, 0.29) is 0 Å². The summed E-state index contributed by atoms with van der Waals surface area (Å²) in [5.41, 5.74) is 2.65. The summed E-state index contributed by atoms with van der Waals surface area (Å²) >= 11 is 0. The summed E-state index contributed by atoms with van der Waals surface area (Å²) in [5, 5.41) is 10.4. The Balaban J connectivity index is 1.63. The number of hydrogen-bond donors (Lipinski definition) is 2. The van der Waals surface area contributed by atoms with Crippen LogP contribution < -0.4 is 5.32 Å². The van der Waals surface area contributed by atoms with E-state index in [0.29, 0.717) is 5.41 Å². The lowest BCUT2D eigenvalue weighted by Gasteiger charge is -2.42. The van der Waals surface area contributed by atoms with Crippen LogP contribution in [-0.2, 0) is 6.54 Å². The Morgan fingerprint density at radius 3 is 3.04 bits per heavy atom. The summed E-state index contributed by atoms with van der Waals surface area (Å²) in [6.07, 6.45) is 6.60. The van der Waals surface area contributed by atoms with E-state index in [2.05, 4.69) is 62.4 Å². The average molecular weight is 355 g/mol. The molecule has 140 valence electrons. The number of likely N-dealkylation sites (tertiary alicyclic amines) is 1. The average Bonchev–Trinajstić information content (AvgIpc) is 3.17. The van der Waals surface area contributed by atoms with Crippen molar-refractivity contribution in [2.24, 2.45) is 10.4 Å². The molecule has 0 saturated carbocycles. The summed E-state index contributed by atoms with van der Waals surface area (Å²) in [6, 6.07) is 8.35. The Bertz CT molecular complexity index is 720. The molecular weight excluding hydrogens is 324 g/mol. The molecule has 1 atom stereocenters. The van der Waals surface area contributed by atoms with Crippen LogP contribution >= 0.6 is 0 Å². The molecule has 1 aliphatic heterocycles. The van der Waals surface area contributed by atoms with E-state index in [1.807, 2.05) is 13.1 Å². The zero-order chi connectivity index (χ0) is 18.4. The molecule has 0 amide bonds. The molecule has 1 fully saturated rings. The SMILES string of the molecule is CCCC1(C)CCCN(C(=NC)NCc2cccc(-c3ncn[nH]3)c2)C1. The molecule has 0 bridgehead atoms. The Morgan fingerprint density at radius 1 is 1.42 bits per heavy atom. The number of aromatic amines is 1. The van der Waals surface area contributed by atoms with Gasteiger partial charge in [0.2, 0.25) is 0 Å². The maximum atomic E-state index is 4.53. The third kappa shape index (κ3) is 4.42. The van der Waals surface area contributed by atoms with Gasteiger partial charge >= 0.3 is 0 Å². The normalized spacial score (nSPS) is 21.0. The summed E-state index contributed by atoms with van der Waals surface area (Å²) < 4.78 is 0. The molecule has 1 aromatic carbocycles. The van der Waals surface area contributed by atoms with E-state index < -0.39 is 0 Å². The van der Waals surface area contributed by atoms with Crippen LogP contribution in [0.15, 0.2) is 35.6 Å². The van der Waals surface area contributed by atoms with E-state index in [1.165, 1.54) is 37.6 Å².